The summed E-state index contributed by atoms with van der Waals surface area (Å²) in [6.07, 6.45) is 8.99. The van der Waals surface area contributed by atoms with E-state index in [1.165, 1.54) is 13.2 Å². The maximum Gasteiger partial charge on any atom is 0.330 e. The van der Waals surface area contributed by atoms with E-state index >= 15 is 0 Å². The fraction of sp³-hybridized carbons (Fsp3) is 0.467. The minimum atomic E-state index is -0.439. The first-order valence-electron chi connectivity index (χ1n) is 7.28. The predicted octanol–water partition coefficient (Wildman–Crippen LogP) is 0.681. The third-order valence-corrected chi connectivity index (χ3v) is 3.46. The summed E-state index contributed by atoms with van der Waals surface area (Å²) in [5.74, 6) is 0.0559. The van der Waals surface area contributed by atoms with Crippen LogP contribution in [0.3, 0.4) is 0 Å². The van der Waals surface area contributed by atoms with Crippen molar-refractivity contribution in [3.63, 3.8) is 0 Å². The second-order valence-electron chi connectivity index (χ2n) is 4.92. The molecule has 22 heavy (non-hydrogen) atoms. The molecule has 0 bridgehead atoms. The van der Waals surface area contributed by atoms with Gasteiger partial charge in [0.25, 0.3) is 0 Å². The van der Waals surface area contributed by atoms with Crippen LogP contribution < -0.4 is 10.2 Å². The molecule has 2 heterocycles. The van der Waals surface area contributed by atoms with E-state index in [2.05, 4.69) is 20.0 Å². The smallest absolute Gasteiger partial charge is 0.330 e. The molecule has 2 rings (SSSR count). The van der Waals surface area contributed by atoms with E-state index in [0.29, 0.717) is 5.95 Å². The molecule has 0 aromatic carbocycles. The summed E-state index contributed by atoms with van der Waals surface area (Å²) in [5.41, 5.74) is 0. The molecule has 0 saturated carbocycles. The Hall–Kier alpha value is -2.44. The number of nitrogens with one attached hydrogen (secondary N) is 1. The number of hydrogen-bond acceptors (Lipinski definition) is 6. The van der Waals surface area contributed by atoms with Crippen LogP contribution in [0.25, 0.3) is 0 Å². The molecule has 1 aromatic rings. The Bertz CT molecular complexity index is 533. The Morgan fingerprint density at radius 1 is 1.41 bits per heavy atom. The van der Waals surface area contributed by atoms with Crippen molar-refractivity contribution in [3.05, 3.63) is 30.6 Å². The van der Waals surface area contributed by atoms with E-state index in [0.717, 1.165) is 25.8 Å². The van der Waals surface area contributed by atoms with Crippen molar-refractivity contribution >= 4 is 17.8 Å². The average Bonchev–Trinajstić information content (AvgIpc) is 2.59. The summed E-state index contributed by atoms with van der Waals surface area (Å²) in [7, 11) is 1.31. The van der Waals surface area contributed by atoms with Gasteiger partial charge in [0, 0.05) is 31.6 Å². The number of aromatic nitrogens is 2. The van der Waals surface area contributed by atoms with Gasteiger partial charge in [-0.1, -0.05) is 6.08 Å². The largest absolute Gasteiger partial charge is 0.466 e. The van der Waals surface area contributed by atoms with Crippen LogP contribution in [-0.4, -0.2) is 48.1 Å². The highest BCUT2D eigenvalue weighted by Crippen LogP contribution is 2.21. The quantitative estimate of drug-likeness (QED) is 0.636. The van der Waals surface area contributed by atoms with Gasteiger partial charge in [0.2, 0.25) is 11.9 Å². The molecule has 0 aliphatic carbocycles. The third-order valence-electron chi connectivity index (χ3n) is 3.46. The molecule has 1 saturated heterocycles. The first kappa shape index (κ1) is 15.9. The number of methoxy groups -OCH3 is 1. The average molecular weight is 304 g/mol. The van der Waals surface area contributed by atoms with Crippen molar-refractivity contribution < 1.29 is 14.3 Å². The zero-order valence-corrected chi connectivity index (χ0v) is 12.6. The monoisotopic (exact) mass is 304 g/mol. The van der Waals surface area contributed by atoms with Crippen LogP contribution in [-0.2, 0) is 14.3 Å². The fourth-order valence-corrected chi connectivity index (χ4v) is 2.38. The number of nitrogens with zero attached hydrogens (tertiary/aromatic N) is 3. The standard InChI is InChI=1S/C15H20N4O3/c1-22-13(20)7-4-8-16-14(21)12-6-2-3-11-19(12)15-17-9-5-10-18-15/h4-5,7,9-10,12H,2-3,6,8,11H2,1H3,(H,16,21)/b7-4+. The van der Waals surface area contributed by atoms with Gasteiger partial charge in [-0.25, -0.2) is 14.8 Å². The highest BCUT2D eigenvalue weighted by molar-refractivity contribution is 5.85. The molecular weight excluding hydrogens is 284 g/mol. The molecule has 1 atom stereocenters. The van der Waals surface area contributed by atoms with Gasteiger partial charge in [-0.3, -0.25) is 4.79 Å². The molecular formula is C15H20N4O3. The Kier molecular flexibility index (Phi) is 5.88. The van der Waals surface area contributed by atoms with E-state index < -0.39 is 5.97 Å². The van der Waals surface area contributed by atoms with Crippen LogP contribution >= 0.6 is 0 Å². The molecule has 7 heteroatoms. The van der Waals surface area contributed by atoms with Crippen LogP contribution in [0.1, 0.15) is 19.3 Å². The molecule has 118 valence electrons. The number of piperidine rings is 1. The number of anilines is 1. The van der Waals surface area contributed by atoms with E-state index in [4.69, 9.17) is 0 Å². The number of rotatable bonds is 5. The fourth-order valence-electron chi connectivity index (χ4n) is 2.38. The first-order chi connectivity index (χ1) is 10.7. The normalized spacial score (nSPS) is 18.2. The SMILES string of the molecule is COC(=O)/C=C/CNC(=O)C1CCCCN1c1ncccn1. The predicted molar refractivity (Wildman–Crippen MR) is 81.2 cm³/mol. The summed E-state index contributed by atoms with van der Waals surface area (Å²) in [5, 5.41) is 2.80. The van der Waals surface area contributed by atoms with Gasteiger partial charge in [0.1, 0.15) is 6.04 Å². The van der Waals surface area contributed by atoms with Crippen molar-refractivity contribution in [2.45, 2.75) is 25.3 Å². The van der Waals surface area contributed by atoms with Crippen LogP contribution in [0.2, 0.25) is 0 Å². The van der Waals surface area contributed by atoms with Crippen LogP contribution in [0.4, 0.5) is 5.95 Å². The Morgan fingerprint density at radius 2 is 2.18 bits per heavy atom. The molecule has 1 unspecified atom stereocenters. The van der Waals surface area contributed by atoms with E-state index in [1.807, 2.05) is 4.90 Å². The van der Waals surface area contributed by atoms with Crippen LogP contribution in [0.15, 0.2) is 30.6 Å². The van der Waals surface area contributed by atoms with E-state index in [1.54, 1.807) is 24.5 Å². The van der Waals surface area contributed by atoms with Crippen molar-refractivity contribution in [2.24, 2.45) is 0 Å². The van der Waals surface area contributed by atoms with Crippen LogP contribution in [0, 0.1) is 0 Å². The lowest BCUT2D eigenvalue weighted by molar-refractivity contribution is -0.134. The van der Waals surface area contributed by atoms with Gasteiger partial charge in [-0.15, -0.1) is 0 Å². The highest BCUT2D eigenvalue weighted by atomic mass is 16.5. The number of hydrogen-bond donors (Lipinski definition) is 1. The lowest BCUT2D eigenvalue weighted by Gasteiger charge is -2.34. The van der Waals surface area contributed by atoms with E-state index in [-0.39, 0.29) is 18.5 Å². The Labute approximate surface area is 129 Å². The minimum Gasteiger partial charge on any atom is -0.466 e. The number of amides is 1. The van der Waals surface area contributed by atoms with E-state index in [9.17, 15) is 9.59 Å². The summed E-state index contributed by atoms with van der Waals surface area (Å²) in [6, 6.07) is 1.47. The molecule has 0 radical (unpaired) electrons. The third kappa shape index (κ3) is 4.28. The number of carbonyl (C=O) groups excluding carboxylic acids is 2. The van der Waals surface area contributed by atoms with Gasteiger partial charge < -0.3 is 15.0 Å². The van der Waals surface area contributed by atoms with Gasteiger partial charge >= 0.3 is 5.97 Å². The topological polar surface area (TPSA) is 84.4 Å². The lowest BCUT2D eigenvalue weighted by Crippen LogP contribution is -2.50. The molecule has 1 N–H and O–H groups in total. The molecule has 1 aromatic heterocycles. The second-order valence-corrected chi connectivity index (χ2v) is 4.92. The zero-order valence-electron chi connectivity index (χ0n) is 12.6. The van der Waals surface area contributed by atoms with Gasteiger partial charge in [0.05, 0.1) is 7.11 Å². The summed E-state index contributed by atoms with van der Waals surface area (Å²) in [6.45, 7) is 1.05. The molecule has 1 fully saturated rings. The summed E-state index contributed by atoms with van der Waals surface area (Å²) in [4.78, 5) is 33.7. The maximum atomic E-state index is 12.3. The number of carbonyl (C=O) groups is 2. The van der Waals surface area contributed by atoms with Crippen molar-refractivity contribution in [1.29, 1.82) is 0 Å². The number of ether oxygens (including phenoxy) is 1. The Morgan fingerprint density at radius 3 is 2.91 bits per heavy atom. The van der Waals surface area contributed by atoms with Crippen LogP contribution in [0.5, 0.6) is 0 Å². The molecule has 7 nitrogen and oxygen atoms in total. The molecule has 0 spiro atoms. The number of esters is 1. The molecule has 1 aliphatic rings. The second kappa shape index (κ2) is 8.11. The van der Waals surface area contributed by atoms with Crippen molar-refractivity contribution in [1.82, 2.24) is 15.3 Å². The Balaban J connectivity index is 1.94. The minimum absolute atomic E-state index is 0.0818. The van der Waals surface area contributed by atoms with Gasteiger partial charge in [-0.2, -0.15) is 0 Å². The summed E-state index contributed by atoms with van der Waals surface area (Å²) < 4.78 is 4.49. The van der Waals surface area contributed by atoms with Gasteiger partial charge in [0.15, 0.2) is 0 Å². The van der Waals surface area contributed by atoms with Crippen molar-refractivity contribution in [2.75, 3.05) is 25.1 Å². The summed E-state index contributed by atoms with van der Waals surface area (Å²) >= 11 is 0. The lowest BCUT2D eigenvalue weighted by atomic mass is 10.0. The highest BCUT2D eigenvalue weighted by Gasteiger charge is 2.29. The first-order valence-corrected chi connectivity index (χ1v) is 7.28. The van der Waals surface area contributed by atoms with Gasteiger partial charge in [-0.05, 0) is 25.3 Å². The zero-order chi connectivity index (χ0) is 15.8. The molecule has 1 amide bonds. The maximum absolute atomic E-state index is 12.3. The van der Waals surface area contributed by atoms with Crippen molar-refractivity contribution in [3.8, 4) is 0 Å². The molecule has 1 aliphatic heterocycles.